The van der Waals surface area contributed by atoms with Crippen molar-refractivity contribution in [3.05, 3.63) is 89.5 Å². The third-order valence-corrected chi connectivity index (χ3v) is 4.50. The molecule has 4 rings (SSSR count). The summed E-state index contributed by atoms with van der Waals surface area (Å²) in [7, 11) is 0. The highest BCUT2D eigenvalue weighted by Gasteiger charge is 2.08. The highest BCUT2D eigenvalue weighted by Crippen LogP contribution is 2.31. The fourth-order valence-corrected chi connectivity index (χ4v) is 3.14. The van der Waals surface area contributed by atoms with Gasteiger partial charge in [0, 0.05) is 22.5 Å². The SMILES string of the molecule is Fc1cccc(CNc2ncnc3ccc(-c4ccccc4Cl)cc23)c1. The molecule has 0 fully saturated rings. The van der Waals surface area contributed by atoms with Crippen LogP contribution in [0.25, 0.3) is 22.0 Å². The Balaban J connectivity index is 1.71. The molecule has 1 N–H and O–H groups in total. The van der Waals surface area contributed by atoms with Gasteiger partial charge in [0.2, 0.25) is 0 Å². The number of fused-ring (bicyclic) bond motifs is 1. The Kier molecular flexibility index (Phi) is 4.50. The van der Waals surface area contributed by atoms with Gasteiger partial charge in [0.05, 0.1) is 5.52 Å². The summed E-state index contributed by atoms with van der Waals surface area (Å²) in [6.07, 6.45) is 1.52. The second-order valence-corrected chi connectivity index (χ2v) is 6.32. The van der Waals surface area contributed by atoms with Crippen molar-refractivity contribution < 1.29 is 4.39 Å². The molecule has 0 bridgehead atoms. The summed E-state index contributed by atoms with van der Waals surface area (Å²) in [5, 5.41) is 4.86. The first-order chi connectivity index (χ1) is 12.7. The van der Waals surface area contributed by atoms with E-state index in [1.807, 2.05) is 48.5 Å². The lowest BCUT2D eigenvalue weighted by Crippen LogP contribution is -2.03. The van der Waals surface area contributed by atoms with Crippen LogP contribution in [0.4, 0.5) is 10.2 Å². The van der Waals surface area contributed by atoms with Crippen LogP contribution < -0.4 is 5.32 Å². The maximum Gasteiger partial charge on any atom is 0.137 e. The van der Waals surface area contributed by atoms with Gasteiger partial charge in [-0.1, -0.05) is 48.0 Å². The van der Waals surface area contributed by atoms with Crippen LogP contribution >= 0.6 is 11.6 Å². The van der Waals surface area contributed by atoms with Gasteiger partial charge in [-0.25, -0.2) is 14.4 Å². The van der Waals surface area contributed by atoms with E-state index >= 15 is 0 Å². The van der Waals surface area contributed by atoms with Crippen LogP contribution in [0.3, 0.4) is 0 Å². The summed E-state index contributed by atoms with van der Waals surface area (Å²) in [5.41, 5.74) is 3.62. The van der Waals surface area contributed by atoms with Crippen molar-refractivity contribution in [2.75, 3.05) is 5.32 Å². The largest absolute Gasteiger partial charge is 0.365 e. The summed E-state index contributed by atoms with van der Waals surface area (Å²) in [6.45, 7) is 0.472. The molecule has 0 amide bonds. The number of nitrogens with one attached hydrogen (secondary N) is 1. The van der Waals surface area contributed by atoms with E-state index in [1.165, 1.54) is 18.5 Å². The summed E-state index contributed by atoms with van der Waals surface area (Å²) in [4.78, 5) is 8.68. The summed E-state index contributed by atoms with van der Waals surface area (Å²) < 4.78 is 13.4. The monoisotopic (exact) mass is 363 g/mol. The predicted molar refractivity (Wildman–Crippen MR) is 104 cm³/mol. The summed E-state index contributed by atoms with van der Waals surface area (Å²) >= 11 is 6.32. The highest BCUT2D eigenvalue weighted by atomic mass is 35.5. The van der Waals surface area contributed by atoms with Crippen LogP contribution in [-0.4, -0.2) is 9.97 Å². The molecule has 1 aromatic heterocycles. The van der Waals surface area contributed by atoms with Crippen LogP contribution in [0.1, 0.15) is 5.56 Å². The number of halogens is 2. The quantitative estimate of drug-likeness (QED) is 0.505. The third kappa shape index (κ3) is 3.37. The smallest absolute Gasteiger partial charge is 0.137 e. The van der Waals surface area contributed by atoms with E-state index in [0.717, 1.165) is 27.6 Å². The Morgan fingerprint density at radius 3 is 2.65 bits per heavy atom. The number of rotatable bonds is 4. The van der Waals surface area contributed by atoms with Crippen molar-refractivity contribution in [1.82, 2.24) is 9.97 Å². The van der Waals surface area contributed by atoms with Crippen molar-refractivity contribution in [2.24, 2.45) is 0 Å². The molecule has 1 heterocycles. The maximum atomic E-state index is 13.4. The Bertz CT molecular complexity index is 1080. The standard InChI is InChI=1S/C21H15ClFN3/c22-19-7-2-1-6-17(19)15-8-9-20-18(11-15)21(26-13-25-20)24-12-14-4-3-5-16(23)10-14/h1-11,13H,12H2,(H,24,25,26). The lowest BCUT2D eigenvalue weighted by atomic mass is 10.0. The highest BCUT2D eigenvalue weighted by molar-refractivity contribution is 6.33. The molecular formula is C21H15ClFN3. The van der Waals surface area contributed by atoms with Gasteiger partial charge in [-0.2, -0.15) is 0 Å². The molecule has 0 spiro atoms. The van der Waals surface area contributed by atoms with Crippen molar-refractivity contribution >= 4 is 28.3 Å². The number of hydrogen-bond donors (Lipinski definition) is 1. The maximum absolute atomic E-state index is 13.4. The van der Waals surface area contributed by atoms with E-state index in [4.69, 9.17) is 11.6 Å². The predicted octanol–water partition coefficient (Wildman–Crippen LogP) is 5.70. The number of benzene rings is 3. The molecule has 0 aliphatic carbocycles. The van der Waals surface area contributed by atoms with Crippen molar-refractivity contribution in [1.29, 1.82) is 0 Å². The van der Waals surface area contributed by atoms with Crippen LogP contribution in [0.15, 0.2) is 73.1 Å². The topological polar surface area (TPSA) is 37.8 Å². The summed E-state index contributed by atoms with van der Waals surface area (Å²) in [6, 6.07) is 20.2. The first-order valence-electron chi connectivity index (χ1n) is 8.19. The molecular weight excluding hydrogens is 349 g/mol. The van der Waals surface area contributed by atoms with E-state index < -0.39 is 0 Å². The van der Waals surface area contributed by atoms with Gasteiger partial charge < -0.3 is 5.32 Å². The molecule has 3 nitrogen and oxygen atoms in total. The fourth-order valence-electron chi connectivity index (χ4n) is 2.89. The second-order valence-electron chi connectivity index (χ2n) is 5.92. The molecule has 0 saturated heterocycles. The second kappa shape index (κ2) is 7.10. The van der Waals surface area contributed by atoms with Gasteiger partial charge in [-0.05, 0) is 41.5 Å². The van der Waals surface area contributed by atoms with Crippen molar-refractivity contribution in [2.45, 2.75) is 6.54 Å². The first-order valence-corrected chi connectivity index (χ1v) is 8.56. The van der Waals surface area contributed by atoms with Crippen molar-refractivity contribution in [3.8, 4) is 11.1 Å². The van der Waals surface area contributed by atoms with E-state index in [2.05, 4.69) is 15.3 Å². The average Bonchev–Trinajstić information content (AvgIpc) is 2.66. The molecule has 0 unspecified atom stereocenters. The molecule has 0 atom stereocenters. The summed E-state index contributed by atoms with van der Waals surface area (Å²) in [5.74, 6) is 0.450. The van der Waals surface area contributed by atoms with E-state index in [-0.39, 0.29) is 5.82 Å². The first kappa shape index (κ1) is 16.5. The van der Waals surface area contributed by atoms with E-state index in [0.29, 0.717) is 17.4 Å². The minimum absolute atomic E-state index is 0.252. The molecule has 0 radical (unpaired) electrons. The molecule has 5 heteroatoms. The number of hydrogen-bond acceptors (Lipinski definition) is 3. The molecule has 128 valence electrons. The minimum atomic E-state index is -0.252. The Hall–Kier alpha value is -2.98. The Morgan fingerprint density at radius 1 is 0.923 bits per heavy atom. The zero-order valence-corrected chi connectivity index (χ0v) is 14.5. The van der Waals surface area contributed by atoms with Crippen LogP contribution in [0, 0.1) is 5.82 Å². The van der Waals surface area contributed by atoms with Crippen LogP contribution in [0.2, 0.25) is 5.02 Å². The lowest BCUT2D eigenvalue weighted by molar-refractivity contribution is 0.626. The zero-order valence-electron chi connectivity index (χ0n) is 13.8. The zero-order chi connectivity index (χ0) is 17.9. The van der Waals surface area contributed by atoms with E-state index in [9.17, 15) is 4.39 Å². The van der Waals surface area contributed by atoms with Gasteiger partial charge in [0.15, 0.2) is 0 Å². The number of nitrogens with zero attached hydrogens (tertiary/aromatic N) is 2. The number of aromatic nitrogens is 2. The van der Waals surface area contributed by atoms with Crippen molar-refractivity contribution in [3.63, 3.8) is 0 Å². The van der Waals surface area contributed by atoms with Gasteiger partial charge in [0.25, 0.3) is 0 Å². The van der Waals surface area contributed by atoms with Gasteiger partial charge in [-0.3, -0.25) is 0 Å². The minimum Gasteiger partial charge on any atom is -0.365 e. The molecule has 0 saturated carbocycles. The van der Waals surface area contributed by atoms with Crippen LogP contribution in [0.5, 0.6) is 0 Å². The number of anilines is 1. The van der Waals surface area contributed by atoms with Gasteiger partial charge >= 0.3 is 0 Å². The van der Waals surface area contributed by atoms with Crippen LogP contribution in [-0.2, 0) is 6.54 Å². The average molecular weight is 364 g/mol. The van der Waals surface area contributed by atoms with Gasteiger partial charge in [0.1, 0.15) is 18.0 Å². The molecule has 0 aliphatic heterocycles. The molecule has 4 aromatic rings. The van der Waals surface area contributed by atoms with Gasteiger partial charge in [-0.15, -0.1) is 0 Å². The lowest BCUT2D eigenvalue weighted by Gasteiger charge is -2.10. The normalized spacial score (nSPS) is 10.8. The third-order valence-electron chi connectivity index (χ3n) is 4.17. The molecule has 26 heavy (non-hydrogen) atoms. The molecule has 3 aromatic carbocycles. The fraction of sp³-hybridized carbons (Fsp3) is 0.0476. The molecule has 0 aliphatic rings. The Morgan fingerprint density at radius 2 is 1.81 bits per heavy atom. The Labute approximate surface area is 155 Å². The van der Waals surface area contributed by atoms with E-state index in [1.54, 1.807) is 6.07 Å².